The van der Waals surface area contributed by atoms with E-state index in [1.165, 1.54) is 4.90 Å². The number of nitrogens with one attached hydrogen (secondary N) is 2. The highest BCUT2D eigenvalue weighted by Gasteiger charge is 2.28. The van der Waals surface area contributed by atoms with Crippen molar-refractivity contribution in [2.45, 2.75) is 0 Å². The first-order valence-corrected chi connectivity index (χ1v) is 6.46. The summed E-state index contributed by atoms with van der Waals surface area (Å²) in [6.07, 6.45) is 1.94. The van der Waals surface area contributed by atoms with Crippen molar-refractivity contribution in [2.75, 3.05) is 18.4 Å². The van der Waals surface area contributed by atoms with Crippen molar-refractivity contribution in [3.05, 3.63) is 30.5 Å². The molecule has 1 saturated heterocycles. The Morgan fingerprint density at radius 2 is 2.14 bits per heavy atom. The summed E-state index contributed by atoms with van der Waals surface area (Å²) >= 11 is 0. The van der Waals surface area contributed by atoms with Crippen molar-refractivity contribution in [3.8, 4) is 0 Å². The molecule has 2 heterocycles. The molecule has 0 saturated carbocycles. The summed E-state index contributed by atoms with van der Waals surface area (Å²) < 4.78 is 1.96. The van der Waals surface area contributed by atoms with Gasteiger partial charge in [-0.2, -0.15) is 0 Å². The first kappa shape index (κ1) is 13.2. The summed E-state index contributed by atoms with van der Waals surface area (Å²) in [5.41, 5.74) is 1.65. The molecule has 0 spiro atoms. The summed E-state index contributed by atoms with van der Waals surface area (Å²) in [4.78, 5) is 35.5. The van der Waals surface area contributed by atoms with Gasteiger partial charge < -0.3 is 14.8 Å². The van der Waals surface area contributed by atoms with Crippen molar-refractivity contribution in [2.24, 2.45) is 7.05 Å². The second-order valence-electron chi connectivity index (χ2n) is 4.96. The van der Waals surface area contributed by atoms with Crippen molar-refractivity contribution >= 4 is 34.4 Å². The second-order valence-corrected chi connectivity index (χ2v) is 4.96. The zero-order chi connectivity index (χ0) is 15.0. The summed E-state index contributed by atoms with van der Waals surface area (Å²) in [6.45, 7) is -0.230. The minimum absolute atomic E-state index is 0.0803. The molecular weight excluding hydrogens is 272 g/mol. The number of hydrogen-bond donors (Lipinski definition) is 2. The van der Waals surface area contributed by atoms with Crippen LogP contribution in [0.3, 0.4) is 0 Å². The first-order valence-electron chi connectivity index (χ1n) is 6.46. The van der Waals surface area contributed by atoms with E-state index >= 15 is 0 Å². The molecule has 0 unspecified atom stereocenters. The lowest BCUT2D eigenvalue weighted by atomic mass is 10.2. The highest BCUT2D eigenvalue weighted by Crippen LogP contribution is 2.19. The number of nitrogens with zero attached hydrogens (tertiary/aromatic N) is 2. The molecule has 0 aliphatic carbocycles. The fourth-order valence-electron chi connectivity index (χ4n) is 2.32. The normalized spacial score (nSPS) is 14.6. The van der Waals surface area contributed by atoms with Crippen LogP contribution >= 0.6 is 0 Å². The fourth-order valence-corrected chi connectivity index (χ4v) is 2.32. The SMILES string of the molecule is Cn1ccc2ccc(NC(=O)CN3CC(=O)NC3=O)cc21. The standard InChI is InChI=1S/C14H14N4O3/c1-17-5-4-9-2-3-10(6-11(9)17)15-12(19)7-18-8-13(20)16-14(18)21/h2-6H,7-8H2,1H3,(H,15,19)(H,16,20,21). The molecule has 1 aliphatic rings. The van der Waals surface area contributed by atoms with E-state index in [0.717, 1.165) is 10.9 Å². The lowest BCUT2D eigenvalue weighted by Crippen LogP contribution is -2.35. The number of amides is 4. The van der Waals surface area contributed by atoms with Crippen molar-refractivity contribution in [3.63, 3.8) is 0 Å². The molecule has 0 radical (unpaired) electrons. The molecule has 0 bridgehead atoms. The van der Waals surface area contributed by atoms with Gasteiger partial charge in [-0.1, -0.05) is 6.07 Å². The average Bonchev–Trinajstić information content (AvgIpc) is 2.93. The Hall–Kier alpha value is -2.83. The first-order chi connectivity index (χ1) is 10.0. The van der Waals surface area contributed by atoms with Gasteiger partial charge in [-0.3, -0.25) is 14.9 Å². The molecule has 108 valence electrons. The molecule has 7 nitrogen and oxygen atoms in total. The van der Waals surface area contributed by atoms with E-state index < -0.39 is 11.9 Å². The molecule has 1 aromatic heterocycles. The highest BCUT2D eigenvalue weighted by atomic mass is 16.2. The summed E-state index contributed by atoms with van der Waals surface area (Å²) in [5, 5.41) is 5.94. The molecule has 2 N–H and O–H groups in total. The number of benzene rings is 1. The van der Waals surface area contributed by atoms with Gasteiger partial charge in [0.05, 0.1) is 0 Å². The van der Waals surface area contributed by atoms with Crippen LogP contribution in [0, 0.1) is 0 Å². The molecule has 2 aromatic rings. The third-order valence-electron chi connectivity index (χ3n) is 3.37. The number of aryl methyl sites for hydroxylation is 1. The number of rotatable bonds is 3. The van der Waals surface area contributed by atoms with Crippen LogP contribution in [0.2, 0.25) is 0 Å². The van der Waals surface area contributed by atoms with Crippen LogP contribution in [0.25, 0.3) is 10.9 Å². The topological polar surface area (TPSA) is 83.4 Å². The van der Waals surface area contributed by atoms with E-state index in [-0.39, 0.29) is 19.0 Å². The Bertz CT molecular complexity index is 750. The molecule has 7 heteroatoms. The molecule has 1 aromatic carbocycles. The number of carbonyl (C=O) groups excluding carboxylic acids is 3. The van der Waals surface area contributed by atoms with Crippen molar-refractivity contribution in [1.82, 2.24) is 14.8 Å². The number of urea groups is 1. The Labute approximate surface area is 120 Å². The van der Waals surface area contributed by atoms with Crippen LogP contribution in [-0.2, 0) is 16.6 Å². The van der Waals surface area contributed by atoms with Crippen LogP contribution in [0.4, 0.5) is 10.5 Å². The maximum absolute atomic E-state index is 11.9. The number of hydrogen-bond acceptors (Lipinski definition) is 3. The lowest BCUT2D eigenvalue weighted by Gasteiger charge is -2.13. The average molecular weight is 286 g/mol. The maximum Gasteiger partial charge on any atom is 0.325 e. The molecule has 3 rings (SSSR count). The van der Waals surface area contributed by atoms with Crippen molar-refractivity contribution < 1.29 is 14.4 Å². The van der Waals surface area contributed by atoms with Crippen LogP contribution in [0.15, 0.2) is 30.5 Å². The lowest BCUT2D eigenvalue weighted by molar-refractivity contribution is -0.119. The molecule has 21 heavy (non-hydrogen) atoms. The van der Waals surface area contributed by atoms with Gasteiger partial charge in [0.15, 0.2) is 0 Å². The van der Waals surface area contributed by atoms with Gasteiger partial charge in [-0.05, 0) is 23.6 Å². The predicted octanol–water partition coefficient (Wildman–Crippen LogP) is 0.669. The van der Waals surface area contributed by atoms with Crippen LogP contribution in [-0.4, -0.2) is 40.4 Å². The molecule has 0 atom stereocenters. The Kier molecular flexibility index (Phi) is 3.09. The van der Waals surface area contributed by atoms with Gasteiger partial charge in [-0.25, -0.2) is 4.79 Å². The largest absolute Gasteiger partial charge is 0.350 e. The Morgan fingerprint density at radius 3 is 2.86 bits per heavy atom. The van der Waals surface area contributed by atoms with Crippen LogP contribution in [0.5, 0.6) is 0 Å². The summed E-state index contributed by atoms with van der Waals surface area (Å²) in [6, 6.07) is 7.03. The third-order valence-corrected chi connectivity index (χ3v) is 3.37. The molecule has 1 fully saturated rings. The van der Waals surface area contributed by atoms with Gasteiger partial charge in [-0.15, -0.1) is 0 Å². The summed E-state index contributed by atoms with van der Waals surface area (Å²) in [7, 11) is 1.92. The minimum Gasteiger partial charge on any atom is -0.350 e. The number of fused-ring (bicyclic) bond motifs is 1. The fraction of sp³-hybridized carbons (Fsp3) is 0.214. The zero-order valence-electron chi connectivity index (χ0n) is 11.4. The van der Waals surface area contributed by atoms with E-state index in [1.807, 2.05) is 36.0 Å². The minimum atomic E-state index is -0.534. The van der Waals surface area contributed by atoms with E-state index in [9.17, 15) is 14.4 Å². The van der Waals surface area contributed by atoms with Gasteiger partial charge in [0.25, 0.3) is 0 Å². The van der Waals surface area contributed by atoms with Crippen LogP contribution < -0.4 is 10.6 Å². The number of aromatic nitrogens is 1. The van der Waals surface area contributed by atoms with Crippen LogP contribution in [0.1, 0.15) is 0 Å². The maximum atomic E-state index is 11.9. The number of anilines is 1. The highest BCUT2D eigenvalue weighted by molar-refractivity contribution is 6.04. The Morgan fingerprint density at radius 1 is 1.33 bits per heavy atom. The van der Waals surface area contributed by atoms with E-state index in [4.69, 9.17) is 0 Å². The summed E-state index contributed by atoms with van der Waals surface area (Å²) in [5.74, 6) is -0.730. The molecule has 1 aliphatic heterocycles. The number of carbonyl (C=O) groups is 3. The smallest absolute Gasteiger partial charge is 0.325 e. The van der Waals surface area contributed by atoms with Crippen molar-refractivity contribution in [1.29, 1.82) is 0 Å². The van der Waals surface area contributed by atoms with Gasteiger partial charge in [0.2, 0.25) is 11.8 Å². The molecule has 4 amide bonds. The Balaban J connectivity index is 1.70. The number of imide groups is 1. The molecular formula is C14H14N4O3. The van der Waals surface area contributed by atoms with E-state index in [0.29, 0.717) is 5.69 Å². The van der Waals surface area contributed by atoms with E-state index in [1.54, 1.807) is 6.07 Å². The van der Waals surface area contributed by atoms with E-state index in [2.05, 4.69) is 10.6 Å². The van der Waals surface area contributed by atoms with Gasteiger partial charge in [0.1, 0.15) is 13.1 Å². The predicted molar refractivity (Wildman–Crippen MR) is 76.7 cm³/mol. The quantitative estimate of drug-likeness (QED) is 0.813. The second kappa shape index (κ2) is 4.93. The zero-order valence-corrected chi connectivity index (χ0v) is 11.4. The van der Waals surface area contributed by atoms with Gasteiger partial charge in [0, 0.05) is 24.4 Å². The monoisotopic (exact) mass is 286 g/mol. The van der Waals surface area contributed by atoms with Gasteiger partial charge >= 0.3 is 6.03 Å². The third kappa shape index (κ3) is 2.58.